The Balaban J connectivity index is 2.20. The highest BCUT2D eigenvalue weighted by Gasteiger charge is 2.48. The number of thioether (sulfide) groups is 1. The van der Waals surface area contributed by atoms with Gasteiger partial charge >= 0.3 is 0 Å². The summed E-state index contributed by atoms with van der Waals surface area (Å²) < 4.78 is -0.580. The Hall–Kier alpha value is -1.11. The first-order valence-corrected chi connectivity index (χ1v) is 8.18. The van der Waals surface area contributed by atoms with Crippen LogP contribution in [0.3, 0.4) is 0 Å². The molecule has 5 nitrogen and oxygen atoms in total. The minimum atomic E-state index is -0.580. The van der Waals surface area contributed by atoms with Crippen LogP contribution in [0.1, 0.15) is 18.4 Å². The fourth-order valence-electron chi connectivity index (χ4n) is 2.51. The maximum Gasteiger partial charge on any atom is 0.244 e. The van der Waals surface area contributed by atoms with Crippen LogP contribution in [0.5, 0.6) is 0 Å². The molecule has 1 aromatic heterocycles. The number of hydrogen-bond acceptors (Lipinski definition) is 5. The summed E-state index contributed by atoms with van der Waals surface area (Å²) in [6.45, 7) is 1.70. The number of hydrogen-bond donors (Lipinski definition) is 1. The Morgan fingerprint density at radius 3 is 2.95 bits per heavy atom. The van der Waals surface area contributed by atoms with Crippen molar-refractivity contribution < 1.29 is 9.90 Å². The van der Waals surface area contributed by atoms with E-state index >= 15 is 0 Å². The number of nitrogens with zero attached hydrogens (tertiary/aromatic N) is 3. The molecular weight excluding hydrogens is 286 g/mol. The van der Waals surface area contributed by atoms with Crippen LogP contribution >= 0.6 is 11.8 Å². The number of likely N-dealkylation sites (N-methyl/N-ethyl adjacent to an activating group) is 1. The SMILES string of the molecule is CN(C)CCN1CSC(CCCO)(c2cccnc2)C1=O. The molecule has 1 aliphatic heterocycles. The van der Waals surface area contributed by atoms with Gasteiger partial charge in [0.25, 0.3) is 0 Å². The molecule has 0 saturated carbocycles. The van der Waals surface area contributed by atoms with E-state index in [-0.39, 0.29) is 12.5 Å². The van der Waals surface area contributed by atoms with E-state index in [1.54, 1.807) is 24.2 Å². The van der Waals surface area contributed by atoms with Gasteiger partial charge in [-0.15, -0.1) is 11.8 Å². The average Bonchev–Trinajstić information content (AvgIpc) is 2.81. The molecule has 1 aromatic rings. The molecule has 2 heterocycles. The van der Waals surface area contributed by atoms with Gasteiger partial charge in [0, 0.05) is 32.1 Å². The van der Waals surface area contributed by atoms with Gasteiger partial charge in [-0.3, -0.25) is 9.78 Å². The largest absolute Gasteiger partial charge is 0.396 e. The maximum atomic E-state index is 12.9. The second-order valence-corrected chi connectivity index (χ2v) is 6.78. The summed E-state index contributed by atoms with van der Waals surface area (Å²) in [6.07, 6.45) is 4.77. The molecule has 1 saturated heterocycles. The lowest BCUT2D eigenvalue weighted by molar-refractivity contribution is -0.132. The molecule has 0 bridgehead atoms. The molecule has 1 N–H and O–H groups in total. The molecular formula is C15H23N3O2S. The van der Waals surface area contributed by atoms with Crippen LogP contribution in [0.25, 0.3) is 0 Å². The highest BCUT2D eigenvalue weighted by molar-refractivity contribution is 8.01. The van der Waals surface area contributed by atoms with Gasteiger partial charge in [0.05, 0.1) is 5.88 Å². The lowest BCUT2D eigenvalue weighted by Crippen LogP contribution is -2.40. The van der Waals surface area contributed by atoms with E-state index in [4.69, 9.17) is 5.11 Å². The molecule has 1 unspecified atom stereocenters. The van der Waals surface area contributed by atoms with Crippen LogP contribution < -0.4 is 0 Å². The van der Waals surface area contributed by atoms with Crippen molar-refractivity contribution in [3.63, 3.8) is 0 Å². The summed E-state index contributed by atoms with van der Waals surface area (Å²) in [6, 6.07) is 3.83. The zero-order valence-electron chi connectivity index (χ0n) is 12.7. The van der Waals surface area contributed by atoms with Crippen LogP contribution in [-0.4, -0.2) is 65.5 Å². The number of rotatable bonds is 7. The van der Waals surface area contributed by atoms with Gasteiger partial charge in [0.2, 0.25) is 5.91 Å². The van der Waals surface area contributed by atoms with Crippen molar-refractivity contribution in [1.29, 1.82) is 0 Å². The summed E-state index contributed by atoms with van der Waals surface area (Å²) in [4.78, 5) is 21.1. The molecule has 0 radical (unpaired) electrons. The van der Waals surface area contributed by atoms with E-state index in [1.165, 1.54) is 0 Å². The molecule has 116 valence electrons. The molecule has 0 spiro atoms. The molecule has 0 aliphatic carbocycles. The number of pyridine rings is 1. The molecule has 1 amide bonds. The number of aromatic nitrogens is 1. The zero-order valence-corrected chi connectivity index (χ0v) is 13.5. The van der Waals surface area contributed by atoms with Gasteiger partial charge in [-0.25, -0.2) is 0 Å². The Labute approximate surface area is 130 Å². The second-order valence-electron chi connectivity index (χ2n) is 5.54. The van der Waals surface area contributed by atoms with Gasteiger partial charge in [-0.05, 0) is 38.6 Å². The van der Waals surface area contributed by atoms with Crippen LogP contribution in [0.4, 0.5) is 0 Å². The van der Waals surface area contributed by atoms with Crippen molar-refractivity contribution in [2.24, 2.45) is 0 Å². The number of amides is 1. The molecule has 1 atom stereocenters. The highest BCUT2D eigenvalue weighted by Crippen LogP contribution is 2.47. The summed E-state index contributed by atoms with van der Waals surface area (Å²) in [5.74, 6) is 0.850. The first kappa shape index (κ1) is 16.3. The minimum absolute atomic E-state index is 0.105. The molecule has 2 rings (SSSR count). The Bertz CT molecular complexity index is 469. The predicted molar refractivity (Wildman–Crippen MR) is 85.0 cm³/mol. The summed E-state index contributed by atoms with van der Waals surface area (Å²) in [7, 11) is 4.02. The fraction of sp³-hybridized carbons (Fsp3) is 0.600. The Kier molecular flexibility index (Phi) is 5.61. The third-order valence-corrected chi connectivity index (χ3v) is 5.28. The number of aliphatic hydroxyl groups is 1. The minimum Gasteiger partial charge on any atom is -0.396 e. The third-order valence-electron chi connectivity index (χ3n) is 3.73. The summed E-state index contributed by atoms with van der Waals surface area (Å²) in [5.41, 5.74) is 0.945. The average molecular weight is 309 g/mol. The lowest BCUT2D eigenvalue weighted by atomic mass is 9.93. The second kappa shape index (κ2) is 7.24. The van der Waals surface area contributed by atoms with Crippen LogP contribution in [-0.2, 0) is 9.54 Å². The van der Waals surface area contributed by atoms with Gasteiger partial charge in [-0.2, -0.15) is 0 Å². The monoisotopic (exact) mass is 309 g/mol. The van der Waals surface area contributed by atoms with Crippen molar-refractivity contribution in [1.82, 2.24) is 14.8 Å². The van der Waals surface area contributed by atoms with Crippen molar-refractivity contribution in [2.45, 2.75) is 17.6 Å². The first-order chi connectivity index (χ1) is 10.1. The summed E-state index contributed by atoms with van der Waals surface area (Å²) in [5, 5.41) is 9.16. The molecule has 1 aliphatic rings. The van der Waals surface area contributed by atoms with Gasteiger partial charge in [0.15, 0.2) is 0 Å². The fourth-order valence-corrected chi connectivity index (χ4v) is 3.96. The van der Waals surface area contributed by atoms with Crippen molar-refractivity contribution in [2.75, 3.05) is 39.7 Å². The maximum absolute atomic E-state index is 12.9. The zero-order chi connectivity index (χ0) is 15.3. The molecule has 6 heteroatoms. The van der Waals surface area contributed by atoms with E-state index in [1.807, 2.05) is 31.1 Å². The van der Waals surface area contributed by atoms with Crippen LogP contribution in [0, 0.1) is 0 Å². The summed E-state index contributed by atoms with van der Waals surface area (Å²) >= 11 is 1.66. The van der Waals surface area contributed by atoms with E-state index in [9.17, 15) is 4.79 Å². The normalized spacial score (nSPS) is 22.3. The van der Waals surface area contributed by atoms with Crippen LogP contribution in [0.2, 0.25) is 0 Å². The standard InChI is InChI=1S/C15H23N3O2S/c1-17(2)8-9-18-12-21-15(14(18)20,6-4-10-19)13-5-3-7-16-11-13/h3,5,7,11,19H,4,6,8-10,12H2,1-2H3. The lowest BCUT2D eigenvalue weighted by Gasteiger charge is -2.27. The number of aliphatic hydroxyl groups excluding tert-OH is 1. The van der Waals surface area contributed by atoms with Gasteiger partial charge in [-0.1, -0.05) is 6.07 Å². The van der Waals surface area contributed by atoms with Gasteiger partial charge < -0.3 is 14.9 Å². The molecule has 1 fully saturated rings. The van der Waals surface area contributed by atoms with E-state index in [0.29, 0.717) is 18.7 Å². The van der Waals surface area contributed by atoms with Crippen molar-refractivity contribution in [3.05, 3.63) is 30.1 Å². The van der Waals surface area contributed by atoms with Crippen molar-refractivity contribution in [3.8, 4) is 0 Å². The molecule has 0 aromatic carbocycles. The topological polar surface area (TPSA) is 56.7 Å². The van der Waals surface area contributed by atoms with Gasteiger partial charge in [0.1, 0.15) is 4.75 Å². The smallest absolute Gasteiger partial charge is 0.244 e. The van der Waals surface area contributed by atoms with E-state index in [2.05, 4.69) is 9.88 Å². The number of carbonyl (C=O) groups is 1. The van der Waals surface area contributed by atoms with Crippen molar-refractivity contribution >= 4 is 17.7 Å². The first-order valence-electron chi connectivity index (χ1n) is 7.19. The third kappa shape index (κ3) is 3.56. The van der Waals surface area contributed by atoms with E-state index in [0.717, 1.165) is 18.7 Å². The highest BCUT2D eigenvalue weighted by atomic mass is 32.2. The Morgan fingerprint density at radius 1 is 1.52 bits per heavy atom. The van der Waals surface area contributed by atoms with Crippen LogP contribution in [0.15, 0.2) is 24.5 Å². The quantitative estimate of drug-likeness (QED) is 0.819. The molecule has 21 heavy (non-hydrogen) atoms. The van der Waals surface area contributed by atoms with E-state index < -0.39 is 4.75 Å². The predicted octanol–water partition coefficient (Wildman–Crippen LogP) is 1.14. The number of carbonyl (C=O) groups excluding carboxylic acids is 1. The Morgan fingerprint density at radius 2 is 2.33 bits per heavy atom.